The van der Waals surface area contributed by atoms with Crippen molar-refractivity contribution in [2.45, 2.75) is 32.7 Å². The summed E-state index contributed by atoms with van der Waals surface area (Å²) < 4.78 is 7.47. The second kappa shape index (κ2) is 6.29. The Hall–Kier alpha value is -2.15. The van der Waals surface area contributed by atoms with Crippen LogP contribution in [0, 0.1) is 19.8 Å². The number of carbonyl (C=O) groups excluding carboxylic acids is 1. The summed E-state index contributed by atoms with van der Waals surface area (Å²) in [4.78, 5) is 21.5. The first kappa shape index (κ1) is 16.3. The third kappa shape index (κ3) is 3.33. The van der Waals surface area contributed by atoms with Crippen LogP contribution in [0.15, 0.2) is 16.8 Å². The van der Waals surface area contributed by atoms with Gasteiger partial charge in [0.1, 0.15) is 5.76 Å². The van der Waals surface area contributed by atoms with E-state index in [1.807, 2.05) is 38.2 Å². The lowest BCUT2D eigenvalue weighted by Gasteiger charge is -2.34. The topological polar surface area (TPSA) is 67.4 Å². The van der Waals surface area contributed by atoms with Crippen molar-refractivity contribution in [3.63, 3.8) is 0 Å². The SMILES string of the molecule is Cc1nc(CN2CCN(C(=O)[C@@H]3C[C@H]3c3cnn(C)c3)CC2)oc1C. The van der Waals surface area contributed by atoms with Gasteiger partial charge in [-0.3, -0.25) is 14.4 Å². The fourth-order valence-electron chi connectivity index (χ4n) is 3.63. The quantitative estimate of drug-likeness (QED) is 0.841. The first-order valence-electron chi connectivity index (χ1n) is 8.94. The lowest BCUT2D eigenvalue weighted by Crippen LogP contribution is -2.48. The number of aromatic nitrogens is 3. The van der Waals surface area contributed by atoms with Crippen molar-refractivity contribution in [2.75, 3.05) is 26.2 Å². The number of rotatable bonds is 4. The lowest BCUT2D eigenvalue weighted by molar-refractivity contribution is -0.134. The normalized spacial score (nSPS) is 23.9. The molecule has 1 aliphatic carbocycles. The second-order valence-corrected chi connectivity index (χ2v) is 7.25. The van der Waals surface area contributed by atoms with E-state index in [4.69, 9.17) is 4.42 Å². The number of hydrogen-bond donors (Lipinski definition) is 0. The van der Waals surface area contributed by atoms with Crippen molar-refractivity contribution in [1.29, 1.82) is 0 Å². The van der Waals surface area contributed by atoms with Gasteiger partial charge in [-0.25, -0.2) is 4.98 Å². The molecule has 2 fully saturated rings. The molecule has 1 saturated heterocycles. The molecule has 3 heterocycles. The number of piperazine rings is 1. The van der Waals surface area contributed by atoms with E-state index >= 15 is 0 Å². The molecule has 25 heavy (non-hydrogen) atoms. The minimum Gasteiger partial charge on any atom is -0.444 e. The molecule has 0 radical (unpaired) electrons. The van der Waals surface area contributed by atoms with Gasteiger partial charge in [-0.15, -0.1) is 0 Å². The van der Waals surface area contributed by atoms with E-state index in [1.165, 1.54) is 5.56 Å². The number of oxazole rings is 1. The highest BCUT2D eigenvalue weighted by Crippen LogP contribution is 2.48. The standard InChI is InChI=1S/C18H25N5O2/c1-12-13(2)25-17(20-12)11-22-4-6-23(7-5-22)18(24)16-8-15(16)14-9-19-21(3)10-14/h9-10,15-16H,4-8,11H2,1-3H3/t15-,16+/m0/s1. The summed E-state index contributed by atoms with van der Waals surface area (Å²) in [5.74, 6) is 2.47. The summed E-state index contributed by atoms with van der Waals surface area (Å²) in [7, 11) is 1.92. The molecule has 0 bridgehead atoms. The highest BCUT2D eigenvalue weighted by molar-refractivity contribution is 5.83. The Kier molecular flexibility index (Phi) is 4.11. The molecule has 1 amide bonds. The number of aryl methyl sites for hydroxylation is 3. The fraction of sp³-hybridized carbons (Fsp3) is 0.611. The Morgan fingerprint density at radius 2 is 2.04 bits per heavy atom. The molecular formula is C18H25N5O2. The number of hydrogen-bond acceptors (Lipinski definition) is 5. The van der Waals surface area contributed by atoms with Crippen LogP contribution < -0.4 is 0 Å². The van der Waals surface area contributed by atoms with Crippen LogP contribution in [0.4, 0.5) is 0 Å². The Bertz CT molecular complexity index is 753. The second-order valence-electron chi connectivity index (χ2n) is 7.25. The first-order chi connectivity index (χ1) is 12.0. The van der Waals surface area contributed by atoms with Crippen LogP contribution in [0.3, 0.4) is 0 Å². The minimum absolute atomic E-state index is 0.146. The summed E-state index contributed by atoms with van der Waals surface area (Å²) in [6.45, 7) is 7.94. The molecule has 0 spiro atoms. The lowest BCUT2D eigenvalue weighted by atomic mass is 10.1. The maximum Gasteiger partial charge on any atom is 0.226 e. The van der Waals surface area contributed by atoms with Gasteiger partial charge in [-0.2, -0.15) is 5.10 Å². The molecule has 7 heteroatoms. The number of amides is 1. The van der Waals surface area contributed by atoms with Crippen molar-refractivity contribution in [2.24, 2.45) is 13.0 Å². The molecule has 0 N–H and O–H groups in total. The van der Waals surface area contributed by atoms with Gasteiger partial charge in [0.2, 0.25) is 11.8 Å². The van der Waals surface area contributed by atoms with Crippen molar-refractivity contribution in [1.82, 2.24) is 24.6 Å². The van der Waals surface area contributed by atoms with Crippen molar-refractivity contribution < 1.29 is 9.21 Å². The predicted molar refractivity (Wildman–Crippen MR) is 91.9 cm³/mol. The Labute approximate surface area is 147 Å². The van der Waals surface area contributed by atoms with E-state index in [2.05, 4.69) is 15.0 Å². The summed E-state index contributed by atoms with van der Waals surface area (Å²) in [5.41, 5.74) is 2.15. The zero-order valence-electron chi connectivity index (χ0n) is 15.1. The van der Waals surface area contributed by atoms with Crippen LogP contribution in [0.2, 0.25) is 0 Å². The zero-order valence-corrected chi connectivity index (χ0v) is 15.1. The molecule has 2 aromatic rings. The van der Waals surface area contributed by atoms with Crippen LogP contribution in [0.5, 0.6) is 0 Å². The van der Waals surface area contributed by atoms with E-state index in [0.29, 0.717) is 11.8 Å². The molecule has 4 rings (SSSR count). The van der Waals surface area contributed by atoms with Crippen molar-refractivity contribution >= 4 is 5.91 Å². The van der Waals surface area contributed by atoms with Crippen LogP contribution in [-0.4, -0.2) is 56.7 Å². The highest BCUT2D eigenvalue weighted by atomic mass is 16.4. The minimum atomic E-state index is 0.146. The number of carbonyl (C=O) groups is 1. The molecule has 2 aliphatic rings. The first-order valence-corrected chi connectivity index (χ1v) is 8.94. The molecule has 7 nitrogen and oxygen atoms in total. The molecule has 2 aromatic heterocycles. The zero-order chi connectivity index (χ0) is 17.6. The van der Waals surface area contributed by atoms with E-state index in [9.17, 15) is 4.79 Å². The van der Waals surface area contributed by atoms with Crippen molar-refractivity contribution in [3.05, 3.63) is 35.3 Å². The summed E-state index contributed by atoms with van der Waals surface area (Å²) >= 11 is 0. The fourth-order valence-corrected chi connectivity index (χ4v) is 3.63. The van der Waals surface area contributed by atoms with Gasteiger partial charge in [-0.1, -0.05) is 0 Å². The Morgan fingerprint density at radius 1 is 1.28 bits per heavy atom. The highest BCUT2D eigenvalue weighted by Gasteiger charge is 2.46. The van der Waals surface area contributed by atoms with E-state index in [-0.39, 0.29) is 5.92 Å². The van der Waals surface area contributed by atoms with E-state index in [1.54, 1.807) is 4.68 Å². The van der Waals surface area contributed by atoms with E-state index in [0.717, 1.165) is 56.5 Å². The average molecular weight is 343 g/mol. The van der Waals surface area contributed by atoms with Gasteiger partial charge in [0, 0.05) is 45.3 Å². The van der Waals surface area contributed by atoms with Gasteiger partial charge >= 0.3 is 0 Å². The van der Waals surface area contributed by atoms with Crippen LogP contribution in [0.1, 0.15) is 35.2 Å². The molecule has 134 valence electrons. The van der Waals surface area contributed by atoms with Gasteiger partial charge in [0.05, 0.1) is 18.4 Å². The van der Waals surface area contributed by atoms with Gasteiger partial charge in [0.25, 0.3) is 0 Å². The largest absolute Gasteiger partial charge is 0.444 e. The van der Waals surface area contributed by atoms with Gasteiger partial charge in [0.15, 0.2) is 0 Å². The Morgan fingerprint density at radius 3 is 2.64 bits per heavy atom. The Balaban J connectivity index is 1.28. The molecule has 1 aliphatic heterocycles. The summed E-state index contributed by atoms with van der Waals surface area (Å²) in [5, 5.41) is 4.21. The van der Waals surface area contributed by atoms with Crippen molar-refractivity contribution in [3.8, 4) is 0 Å². The maximum absolute atomic E-state index is 12.7. The van der Waals surface area contributed by atoms with Gasteiger partial charge in [-0.05, 0) is 31.7 Å². The van der Waals surface area contributed by atoms with Crippen LogP contribution >= 0.6 is 0 Å². The third-order valence-electron chi connectivity index (χ3n) is 5.38. The van der Waals surface area contributed by atoms with Crippen LogP contribution in [0.25, 0.3) is 0 Å². The third-order valence-corrected chi connectivity index (χ3v) is 5.38. The molecule has 0 unspecified atom stereocenters. The maximum atomic E-state index is 12.7. The summed E-state index contributed by atoms with van der Waals surface area (Å²) in [6, 6.07) is 0. The smallest absolute Gasteiger partial charge is 0.226 e. The van der Waals surface area contributed by atoms with E-state index < -0.39 is 0 Å². The number of nitrogens with zero attached hydrogens (tertiary/aromatic N) is 5. The molecule has 1 saturated carbocycles. The van der Waals surface area contributed by atoms with Crippen LogP contribution in [-0.2, 0) is 18.4 Å². The molecular weight excluding hydrogens is 318 g/mol. The summed E-state index contributed by atoms with van der Waals surface area (Å²) in [6.07, 6.45) is 4.87. The monoisotopic (exact) mass is 343 g/mol. The van der Waals surface area contributed by atoms with Gasteiger partial charge < -0.3 is 9.32 Å². The average Bonchev–Trinajstić information content (AvgIpc) is 3.18. The molecule has 0 aromatic carbocycles. The molecule has 2 atom stereocenters. The predicted octanol–water partition coefficient (Wildman–Crippen LogP) is 1.47.